The number of halogens is 2. The van der Waals surface area contributed by atoms with E-state index < -0.39 is 17.2 Å². The lowest BCUT2D eigenvalue weighted by Gasteiger charge is -2.10. The van der Waals surface area contributed by atoms with Gasteiger partial charge in [0.05, 0.1) is 12.7 Å². The first-order valence-electron chi connectivity index (χ1n) is 5.25. The van der Waals surface area contributed by atoms with Gasteiger partial charge in [-0.2, -0.15) is 0 Å². The highest BCUT2D eigenvalue weighted by atomic mass is 19.1. The third-order valence-electron chi connectivity index (χ3n) is 2.62. The molecule has 0 unspecified atom stereocenters. The maximum atomic E-state index is 14.1. The van der Waals surface area contributed by atoms with Crippen molar-refractivity contribution in [1.29, 1.82) is 0 Å². The van der Waals surface area contributed by atoms with Crippen LogP contribution in [0.1, 0.15) is 10.4 Å². The molecule has 0 amide bonds. The second-order valence-corrected chi connectivity index (χ2v) is 3.65. The first-order chi connectivity index (χ1) is 8.69. The normalized spacial score (nSPS) is 10.2. The molecule has 2 rings (SSSR count). The molecule has 0 fully saturated rings. The Bertz CT molecular complexity index is 580. The van der Waals surface area contributed by atoms with E-state index in [2.05, 4.69) is 0 Å². The van der Waals surface area contributed by atoms with Gasteiger partial charge in [0, 0.05) is 5.56 Å². The summed E-state index contributed by atoms with van der Waals surface area (Å²) >= 11 is 0. The van der Waals surface area contributed by atoms with Crippen molar-refractivity contribution in [2.75, 3.05) is 7.11 Å². The number of hydrogen-bond donors (Lipinski definition) is 0. The zero-order valence-electron chi connectivity index (χ0n) is 9.61. The molecule has 0 spiro atoms. The lowest BCUT2D eigenvalue weighted by molar-refractivity contribution is 0.111. The van der Waals surface area contributed by atoms with Crippen molar-refractivity contribution in [2.24, 2.45) is 0 Å². The van der Waals surface area contributed by atoms with Crippen molar-refractivity contribution in [2.45, 2.75) is 0 Å². The first kappa shape index (κ1) is 12.2. The Morgan fingerprint density at radius 3 is 2.39 bits per heavy atom. The van der Waals surface area contributed by atoms with Crippen LogP contribution in [0.2, 0.25) is 0 Å². The fourth-order valence-corrected chi connectivity index (χ4v) is 1.75. The third-order valence-corrected chi connectivity index (χ3v) is 2.62. The topological polar surface area (TPSA) is 26.3 Å². The van der Waals surface area contributed by atoms with Crippen LogP contribution in [0.25, 0.3) is 11.1 Å². The molecule has 0 heterocycles. The quantitative estimate of drug-likeness (QED) is 0.777. The van der Waals surface area contributed by atoms with Crippen LogP contribution in [0.3, 0.4) is 0 Å². The van der Waals surface area contributed by atoms with E-state index in [-0.39, 0.29) is 17.6 Å². The molecule has 0 saturated heterocycles. The molecule has 0 bridgehead atoms. The number of aldehydes is 1. The Labute approximate surface area is 103 Å². The summed E-state index contributed by atoms with van der Waals surface area (Å²) in [6.07, 6.45) is 0.242. The summed E-state index contributed by atoms with van der Waals surface area (Å²) in [7, 11) is 1.19. The van der Waals surface area contributed by atoms with Crippen LogP contribution in [0, 0.1) is 11.6 Å². The van der Waals surface area contributed by atoms with E-state index in [0.29, 0.717) is 5.56 Å². The standard InChI is InChI=1S/C14H10F2O2/c1-18-14-11(8-17)12(15)7-10(13(14)16)9-5-3-2-4-6-9/h2-8H,1H3. The highest BCUT2D eigenvalue weighted by Gasteiger charge is 2.19. The summed E-state index contributed by atoms with van der Waals surface area (Å²) in [5.74, 6) is -1.92. The van der Waals surface area contributed by atoms with Gasteiger partial charge < -0.3 is 4.74 Å². The number of carbonyl (C=O) groups is 1. The number of rotatable bonds is 3. The van der Waals surface area contributed by atoms with Crippen LogP contribution in [0.5, 0.6) is 5.75 Å². The summed E-state index contributed by atoms with van der Waals surface area (Å²) in [6.45, 7) is 0. The van der Waals surface area contributed by atoms with Gasteiger partial charge in [-0.05, 0) is 11.6 Å². The Kier molecular flexibility index (Phi) is 3.37. The third kappa shape index (κ3) is 1.97. The van der Waals surface area contributed by atoms with E-state index in [9.17, 15) is 13.6 Å². The fraction of sp³-hybridized carbons (Fsp3) is 0.0714. The van der Waals surface area contributed by atoms with Gasteiger partial charge in [-0.15, -0.1) is 0 Å². The fourth-order valence-electron chi connectivity index (χ4n) is 1.75. The van der Waals surface area contributed by atoms with Crippen LogP contribution in [-0.4, -0.2) is 13.4 Å². The molecule has 2 aromatic rings. The second kappa shape index (κ2) is 4.96. The zero-order valence-corrected chi connectivity index (χ0v) is 9.61. The average Bonchev–Trinajstić information content (AvgIpc) is 2.41. The minimum atomic E-state index is -0.804. The Balaban J connectivity index is 2.71. The van der Waals surface area contributed by atoms with Gasteiger partial charge in [-0.3, -0.25) is 4.79 Å². The first-order valence-corrected chi connectivity index (χ1v) is 5.25. The smallest absolute Gasteiger partial charge is 0.173 e. The van der Waals surface area contributed by atoms with Crippen molar-refractivity contribution in [1.82, 2.24) is 0 Å². The van der Waals surface area contributed by atoms with Crippen molar-refractivity contribution < 1.29 is 18.3 Å². The predicted molar refractivity (Wildman–Crippen MR) is 63.7 cm³/mol. The van der Waals surface area contributed by atoms with E-state index in [0.717, 1.165) is 6.07 Å². The molecule has 0 atom stereocenters. The molecule has 2 aromatic carbocycles. The highest BCUT2D eigenvalue weighted by Crippen LogP contribution is 2.33. The van der Waals surface area contributed by atoms with Gasteiger partial charge in [0.15, 0.2) is 17.9 Å². The van der Waals surface area contributed by atoms with Crippen LogP contribution in [-0.2, 0) is 0 Å². The molecule has 0 N–H and O–H groups in total. The monoisotopic (exact) mass is 248 g/mol. The summed E-state index contributed by atoms with van der Waals surface area (Å²) in [6, 6.07) is 9.50. The maximum absolute atomic E-state index is 14.1. The highest BCUT2D eigenvalue weighted by molar-refractivity contribution is 5.82. The molecular formula is C14H10F2O2. The van der Waals surface area contributed by atoms with Gasteiger partial charge in [-0.1, -0.05) is 30.3 Å². The average molecular weight is 248 g/mol. The molecule has 0 aromatic heterocycles. The number of carbonyl (C=O) groups excluding carboxylic acids is 1. The molecular weight excluding hydrogens is 238 g/mol. The molecule has 0 aliphatic heterocycles. The SMILES string of the molecule is COc1c(F)c(-c2ccccc2)cc(F)c1C=O. The zero-order chi connectivity index (χ0) is 13.1. The van der Waals surface area contributed by atoms with E-state index in [1.807, 2.05) is 0 Å². The van der Waals surface area contributed by atoms with Gasteiger partial charge >= 0.3 is 0 Å². The predicted octanol–water partition coefficient (Wildman–Crippen LogP) is 3.45. The van der Waals surface area contributed by atoms with Crippen molar-refractivity contribution in [3.05, 3.63) is 53.6 Å². The Hall–Kier alpha value is -2.23. The van der Waals surface area contributed by atoms with Crippen molar-refractivity contribution in [3.8, 4) is 16.9 Å². The Morgan fingerprint density at radius 2 is 1.83 bits per heavy atom. The van der Waals surface area contributed by atoms with E-state index in [4.69, 9.17) is 4.74 Å². The van der Waals surface area contributed by atoms with E-state index in [1.165, 1.54) is 7.11 Å². The van der Waals surface area contributed by atoms with Crippen LogP contribution in [0.4, 0.5) is 8.78 Å². The van der Waals surface area contributed by atoms with Gasteiger partial charge in [0.25, 0.3) is 0 Å². The molecule has 18 heavy (non-hydrogen) atoms. The molecule has 2 nitrogen and oxygen atoms in total. The van der Waals surface area contributed by atoms with E-state index in [1.54, 1.807) is 30.3 Å². The van der Waals surface area contributed by atoms with Gasteiger partial charge in [-0.25, -0.2) is 8.78 Å². The minimum Gasteiger partial charge on any atom is -0.493 e. The van der Waals surface area contributed by atoms with Gasteiger partial charge in [0.2, 0.25) is 0 Å². The van der Waals surface area contributed by atoms with Crippen molar-refractivity contribution >= 4 is 6.29 Å². The lowest BCUT2D eigenvalue weighted by atomic mass is 10.0. The number of hydrogen-bond acceptors (Lipinski definition) is 2. The van der Waals surface area contributed by atoms with Crippen molar-refractivity contribution in [3.63, 3.8) is 0 Å². The molecule has 0 saturated carbocycles. The summed E-state index contributed by atoms with van der Waals surface area (Å²) in [4.78, 5) is 10.7. The maximum Gasteiger partial charge on any atom is 0.173 e. The van der Waals surface area contributed by atoms with Crippen LogP contribution in [0.15, 0.2) is 36.4 Å². The summed E-state index contributed by atoms with van der Waals surface area (Å²) in [5, 5.41) is 0. The summed E-state index contributed by atoms with van der Waals surface area (Å²) < 4.78 is 32.6. The Morgan fingerprint density at radius 1 is 1.17 bits per heavy atom. The van der Waals surface area contributed by atoms with Gasteiger partial charge in [0.1, 0.15) is 5.82 Å². The molecule has 92 valence electrons. The minimum absolute atomic E-state index is 0.0653. The summed E-state index contributed by atoms with van der Waals surface area (Å²) in [5.41, 5.74) is 0.176. The van der Waals surface area contributed by atoms with Crippen LogP contribution >= 0.6 is 0 Å². The largest absolute Gasteiger partial charge is 0.493 e. The molecule has 0 radical (unpaired) electrons. The number of ether oxygens (including phenoxy) is 1. The molecule has 4 heteroatoms. The van der Waals surface area contributed by atoms with Crippen LogP contribution < -0.4 is 4.74 Å². The number of methoxy groups -OCH3 is 1. The lowest BCUT2D eigenvalue weighted by Crippen LogP contribution is -2.00. The molecule has 0 aliphatic carbocycles. The van der Waals surface area contributed by atoms with E-state index >= 15 is 0 Å². The molecule has 0 aliphatic rings. The number of benzene rings is 2. The second-order valence-electron chi connectivity index (χ2n) is 3.65.